The molecular weight excluding hydrogens is 249 g/mol. The molecule has 0 amide bonds. The first-order valence-electron chi connectivity index (χ1n) is 8.18. The van der Waals surface area contributed by atoms with Gasteiger partial charge in [-0.05, 0) is 43.7 Å². The lowest BCUT2D eigenvalue weighted by Gasteiger charge is -2.20. The molecule has 0 aromatic heterocycles. The molecule has 3 rings (SSSR count). The SMILES string of the molecule is CC.CC.Cc1ccc(N2CC3CC(F)CC3C2)cc1. The van der Waals surface area contributed by atoms with E-state index < -0.39 is 6.17 Å². The summed E-state index contributed by atoms with van der Waals surface area (Å²) in [4.78, 5) is 2.42. The summed E-state index contributed by atoms with van der Waals surface area (Å²) in [5.74, 6) is 1.19. The van der Waals surface area contributed by atoms with E-state index >= 15 is 0 Å². The summed E-state index contributed by atoms with van der Waals surface area (Å²) in [5.41, 5.74) is 2.60. The molecule has 20 heavy (non-hydrogen) atoms. The first-order valence-corrected chi connectivity index (χ1v) is 8.18. The van der Waals surface area contributed by atoms with Crippen LogP contribution in [0.3, 0.4) is 0 Å². The smallest absolute Gasteiger partial charge is 0.101 e. The fourth-order valence-electron chi connectivity index (χ4n) is 3.19. The van der Waals surface area contributed by atoms with Crippen LogP contribution in [0.4, 0.5) is 10.1 Å². The van der Waals surface area contributed by atoms with Gasteiger partial charge in [0.1, 0.15) is 6.17 Å². The van der Waals surface area contributed by atoms with Gasteiger partial charge in [0.25, 0.3) is 0 Å². The Balaban J connectivity index is 0.000000461. The maximum atomic E-state index is 13.2. The second-order valence-corrected chi connectivity index (χ2v) is 5.33. The molecule has 0 spiro atoms. The molecule has 2 fully saturated rings. The monoisotopic (exact) mass is 279 g/mol. The van der Waals surface area contributed by atoms with Crippen molar-refractivity contribution in [2.45, 2.75) is 53.6 Å². The van der Waals surface area contributed by atoms with Crippen molar-refractivity contribution in [1.82, 2.24) is 0 Å². The highest BCUT2D eigenvalue weighted by Gasteiger charge is 2.40. The van der Waals surface area contributed by atoms with Crippen LogP contribution < -0.4 is 4.90 Å². The van der Waals surface area contributed by atoms with Gasteiger partial charge in [0.2, 0.25) is 0 Å². The number of benzene rings is 1. The molecule has 1 nitrogen and oxygen atoms in total. The number of hydrogen-bond donors (Lipinski definition) is 0. The lowest BCUT2D eigenvalue weighted by Crippen LogP contribution is -2.21. The molecule has 2 aliphatic rings. The van der Waals surface area contributed by atoms with Crippen LogP contribution in [0.1, 0.15) is 46.1 Å². The predicted octanol–water partition coefficient (Wildman–Crippen LogP) is 5.23. The second-order valence-electron chi connectivity index (χ2n) is 5.33. The van der Waals surface area contributed by atoms with Crippen LogP contribution in [0.15, 0.2) is 24.3 Å². The zero-order chi connectivity index (χ0) is 15.1. The molecule has 1 aliphatic carbocycles. The van der Waals surface area contributed by atoms with Gasteiger partial charge in [0, 0.05) is 18.8 Å². The van der Waals surface area contributed by atoms with Crippen molar-refractivity contribution in [1.29, 1.82) is 0 Å². The summed E-state index contributed by atoms with van der Waals surface area (Å²) < 4.78 is 13.2. The van der Waals surface area contributed by atoms with Crippen LogP contribution in [0.5, 0.6) is 0 Å². The van der Waals surface area contributed by atoms with Gasteiger partial charge in [-0.1, -0.05) is 45.4 Å². The molecule has 1 saturated heterocycles. The topological polar surface area (TPSA) is 3.24 Å². The van der Waals surface area contributed by atoms with Crippen LogP contribution in [0.25, 0.3) is 0 Å². The number of hydrogen-bond acceptors (Lipinski definition) is 1. The minimum atomic E-state index is -0.532. The Morgan fingerprint density at radius 2 is 1.35 bits per heavy atom. The molecular formula is C18H30FN. The molecule has 1 heterocycles. The average molecular weight is 279 g/mol. The lowest BCUT2D eigenvalue weighted by atomic mass is 10.0. The van der Waals surface area contributed by atoms with E-state index in [1.807, 2.05) is 27.7 Å². The molecule has 1 saturated carbocycles. The number of alkyl halides is 1. The maximum absolute atomic E-state index is 13.2. The van der Waals surface area contributed by atoms with Crippen LogP contribution in [-0.2, 0) is 0 Å². The molecule has 1 aromatic carbocycles. The zero-order valence-corrected chi connectivity index (χ0v) is 13.7. The first kappa shape index (κ1) is 17.0. The Hall–Kier alpha value is -1.05. The molecule has 0 bridgehead atoms. The van der Waals surface area contributed by atoms with Gasteiger partial charge in [-0.25, -0.2) is 4.39 Å². The van der Waals surface area contributed by atoms with E-state index in [1.165, 1.54) is 11.3 Å². The summed E-state index contributed by atoms with van der Waals surface area (Å²) in [6.07, 6.45) is 1.04. The quantitative estimate of drug-likeness (QED) is 0.680. The molecule has 1 aromatic rings. The van der Waals surface area contributed by atoms with Crippen molar-refractivity contribution in [3.05, 3.63) is 29.8 Å². The molecule has 1 aliphatic heterocycles. The third kappa shape index (κ3) is 3.97. The summed E-state index contributed by atoms with van der Waals surface area (Å²) >= 11 is 0. The van der Waals surface area contributed by atoms with E-state index in [9.17, 15) is 4.39 Å². The summed E-state index contributed by atoms with van der Waals surface area (Å²) in [5, 5.41) is 0. The Kier molecular flexibility index (Phi) is 7.04. The largest absolute Gasteiger partial charge is 0.371 e. The highest BCUT2D eigenvalue weighted by molar-refractivity contribution is 5.48. The molecule has 0 N–H and O–H groups in total. The number of halogens is 1. The van der Waals surface area contributed by atoms with Gasteiger partial charge in [-0.3, -0.25) is 0 Å². The van der Waals surface area contributed by atoms with Crippen LogP contribution in [0.2, 0.25) is 0 Å². The Bertz CT molecular complexity index is 360. The van der Waals surface area contributed by atoms with Crippen molar-refractivity contribution in [2.24, 2.45) is 11.8 Å². The number of nitrogens with zero attached hydrogens (tertiary/aromatic N) is 1. The third-order valence-corrected chi connectivity index (χ3v) is 4.09. The average Bonchev–Trinajstić information content (AvgIpc) is 3.01. The first-order chi connectivity index (χ1) is 9.72. The highest BCUT2D eigenvalue weighted by atomic mass is 19.1. The normalized spacial score (nSPS) is 27.1. The van der Waals surface area contributed by atoms with E-state index in [1.54, 1.807) is 0 Å². The van der Waals surface area contributed by atoms with Gasteiger partial charge in [0.05, 0.1) is 0 Å². The molecule has 2 heteroatoms. The number of fused-ring (bicyclic) bond motifs is 1. The Morgan fingerprint density at radius 1 is 0.900 bits per heavy atom. The Labute approximate surface area is 124 Å². The zero-order valence-electron chi connectivity index (χ0n) is 13.7. The van der Waals surface area contributed by atoms with E-state index in [0.29, 0.717) is 11.8 Å². The lowest BCUT2D eigenvalue weighted by molar-refractivity contribution is 0.326. The van der Waals surface area contributed by atoms with Gasteiger partial charge in [0.15, 0.2) is 0 Å². The molecule has 114 valence electrons. The number of rotatable bonds is 1. The second kappa shape index (κ2) is 8.28. The molecule has 2 atom stereocenters. The van der Waals surface area contributed by atoms with Crippen molar-refractivity contribution < 1.29 is 4.39 Å². The minimum absolute atomic E-state index is 0.532. The number of anilines is 1. The third-order valence-electron chi connectivity index (χ3n) is 4.09. The molecule has 0 radical (unpaired) electrons. The van der Waals surface area contributed by atoms with E-state index in [2.05, 4.69) is 36.1 Å². The Morgan fingerprint density at radius 3 is 1.80 bits per heavy atom. The van der Waals surface area contributed by atoms with E-state index in [-0.39, 0.29) is 0 Å². The maximum Gasteiger partial charge on any atom is 0.101 e. The minimum Gasteiger partial charge on any atom is -0.371 e. The van der Waals surface area contributed by atoms with Gasteiger partial charge in [-0.2, -0.15) is 0 Å². The van der Waals surface area contributed by atoms with Gasteiger partial charge >= 0.3 is 0 Å². The summed E-state index contributed by atoms with van der Waals surface area (Å²) in [7, 11) is 0. The van der Waals surface area contributed by atoms with Crippen LogP contribution in [0, 0.1) is 18.8 Å². The summed E-state index contributed by atoms with van der Waals surface area (Å²) in [6, 6.07) is 8.68. The summed E-state index contributed by atoms with van der Waals surface area (Å²) in [6.45, 7) is 12.2. The molecule has 2 unspecified atom stereocenters. The van der Waals surface area contributed by atoms with Crippen molar-refractivity contribution in [2.75, 3.05) is 18.0 Å². The van der Waals surface area contributed by atoms with Crippen molar-refractivity contribution >= 4 is 5.69 Å². The van der Waals surface area contributed by atoms with Gasteiger partial charge in [-0.15, -0.1) is 0 Å². The van der Waals surface area contributed by atoms with Crippen molar-refractivity contribution in [3.8, 4) is 0 Å². The van der Waals surface area contributed by atoms with Crippen molar-refractivity contribution in [3.63, 3.8) is 0 Å². The standard InChI is InChI=1S/C14H18FN.2C2H6/c1-10-2-4-14(5-3-10)16-8-11-6-13(15)7-12(11)9-16;2*1-2/h2-5,11-13H,6-9H2,1H3;2*1-2H3. The fourth-order valence-corrected chi connectivity index (χ4v) is 3.19. The number of aryl methyl sites for hydroxylation is 1. The van der Waals surface area contributed by atoms with Gasteiger partial charge < -0.3 is 4.90 Å². The fraction of sp³-hybridized carbons (Fsp3) is 0.667. The van der Waals surface area contributed by atoms with E-state index in [4.69, 9.17) is 0 Å². The van der Waals surface area contributed by atoms with Crippen LogP contribution in [-0.4, -0.2) is 19.3 Å². The predicted molar refractivity (Wildman–Crippen MR) is 87.2 cm³/mol. The highest BCUT2D eigenvalue weighted by Crippen LogP contribution is 2.40. The van der Waals surface area contributed by atoms with E-state index in [0.717, 1.165) is 25.9 Å². The van der Waals surface area contributed by atoms with Crippen LogP contribution >= 0.6 is 0 Å².